The van der Waals surface area contributed by atoms with Crippen molar-refractivity contribution in [1.82, 2.24) is 24.8 Å². The maximum Gasteiger partial charge on any atom is 0.317 e. The fourth-order valence-corrected chi connectivity index (χ4v) is 2.80. The quantitative estimate of drug-likeness (QED) is 0.878. The van der Waals surface area contributed by atoms with E-state index in [1.54, 1.807) is 18.7 Å². The number of amides is 2. The summed E-state index contributed by atoms with van der Waals surface area (Å²) in [6.07, 6.45) is 8.04. The zero-order valence-corrected chi connectivity index (χ0v) is 13.9. The van der Waals surface area contributed by atoms with Crippen LogP contribution in [0.5, 0.6) is 0 Å². The summed E-state index contributed by atoms with van der Waals surface area (Å²) >= 11 is 0. The molecule has 1 fully saturated rings. The Bertz CT molecular complexity index is 642. The van der Waals surface area contributed by atoms with Crippen LogP contribution in [0, 0.1) is 5.92 Å². The molecule has 1 aliphatic heterocycles. The van der Waals surface area contributed by atoms with E-state index in [9.17, 15) is 4.79 Å². The SMILES string of the molecule is CCOC[C@H]1CCN(C(=O)NCc2ccc(-n3ccnc3)nc2)C1. The number of aromatic nitrogens is 3. The molecule has 1 aliphatic rings. The van der Waals surface area contributed by atoms with Crippen LogP contribution in [0.4, 0.5) is 4.79 Å². The van der Waals surface area contributed by atoms with Crippen molar-refractivity contribution in [3.8, 4) is 5.82 Å². The van der Waals surface area contributed by atoms with Crippen molar-refractivity contribution in [2.24, 2.45) is 5.92 Å². The van der Waals surface area contributed by atoms with Gasteiger partial charge in [0.2, 0.25) is 0 Å². The molecule has 0 saturated carbocycles. The molecule has 0 aliphatic carbocycles. The van der Waals surface area contributed by atoms with Gasteiger partial charge in [-0.2, -0.15) is 0 Å². The Morgan fingerprint density at radius 3 is 3.08 bits per heavy atom. The van der Waals surface area contributed by atoms with Crippen molar-refractivity contribution in [3.63, 3.8) is 0 Å². The number of carbonyl (C=O) groups is 1. The average molecular weight is 329 g/mol. The Morgan fingerprint density at radius 1 is 1.46 bits per heavy atom. The summed E-state index contributed by atoms with van der Waals surface area (Å²) < 4.78 is 7.28. The maximum absolute atomic E-state index is 12.2. The van der Waals surface area contributed by atoms with Gasteiger partial charge in [0.05, 0.1) is 6.61 Å². The number of hydrogen-bond acceptors (Lipinski definition) is 4. The van der Waals surface area contributed by atoms with Crippen molar-refractivity contribution in [2.45, 2.75) is 19.9 Å². The van der Waals surface area contributed by atoms with Crippen LogP contribution in [-0.2, 0) is 11.3 Å². The molecule has 1 N–H and O–H groups in total. The largest absolute Gasteiger partial charge is 0.381 e. The van der Waals surface area contributed by atoms with E-state index < -0.39 is 0 Å². The first-order valence-corrected chi connectivity index (χ1v) is 8.30. The second-order valence-corrected chi connectivity index (χ2v) is 5.91. The van der Waals surface area contributed by atoms with Crippen LogP contribution < -0.4 is 5.32 Å². The fourth-order valence-electron chi connectivity index (χ4n) is 2.80. The van der Waals surface area contributed by atoms with Gasteiger partial charge in [0.25, 0.3) is 0 Å². The molecule has 3 heterocycles. The van der Waals surface area contributed by atoms with Gasteiger partial charge in [-0.25, -0.2) is 14.8 Å². The van der Waals surface area contributed by atoms with E-state index >= 15 is 0 Å². The Kier molecular flexibility index (Phi) is 5.43. The van der Waals surface area contributed by atoms with Crippen LogP contribution >= 0.6 is 0 Å². The van der Waals surface area contributed by atoms with E-state index in [0.29, 0.717) is 12.5 Å². The molecule has 0 radical (unpaired) electrons. The van der Waals surface area contributed by atoms with Crippen molar-refractivity contribution in [2.75, 3.05) is 26.3 Å². The molecule has 1 atom stereocenters. The third-order valence-corrected chi connectivity index (χ3v) is 4.15. The summed E-state index contributed by atoms with van der Waals surface area (Å²) in [6.45, 7) is 5.49. The van der Waals surface area contributed by atoms with Gasteiger partial charge in [0, 0.05) is 50.7 Å². The van der Waals surface area contributed by atoms with E-state index in [4.69, 9.17) is 4.74 Å². The Labute approximate surface area is 141 Å². The first-order chi connectivity index (χ1) is 11.8. The van der Waals surface area contributed by atoms with Crippen LogP contribution in [0.1, 0.15) is 18.9 Å². The minimum atomic E-state index is -0.0207. The lowest BCUT2D eigenvalue weighted by molar-refractivity contribution is 0.113. The van der Waals surface area contributed by atoms with Crippen LogP contribution in [-0.4, -0.2) is 51.8 Å². The highest BCUT2D eigenvalue weighted by Gasteiger charge is 2.25. The van der Waals surface area contributed by atoms with E-state index in [0.717, 1.165) is 44.1 Å². The lowest BCUT2D eigenvalue weighted by atomic mass is 10.1. The summed E-state index contributed by atoms with van der Waals surface area (Å²) in [6, 6.07) is 3.86. The molecule has 0 spiro atoms. The van der Waals surface area contributed by atoms with E-state index in [1.807, 2.05) is 34.7 Å². The summed E-state index contributed by atoms with van der Waals surface area (Å²) in [5.74, 6) is 1.26. The molecule has 128 valence electrons. The molecule has 7 heteroatoms. The van der Waals surface area contributed by atoms with Gasteiger partial charge in [0.1, 0.15) is 12.1 Å². The fraction of sp³-hybridized carbons (Fsp3) is 0.471. The normalized spacial score (nSPS) is 17.2. The van der Waals surface area contributed by atoms with E-state index in [2.05, 4.69) is 15.3 Å². The number of likely N-dealkylation sites (tertiary alicyclic amines) is 1. The van der Waals surface area contributed by atoms with E-state index in [1.165, 1.54) is 0 Å². The number of urea groups is 1. The molecule has 2 aromatic rings. The summed E-state index contributed by atoms with van der Waals surface area (Å²) in [5.41, 5.74) is 0.970. The molecule has 24 heavy (non-hydrogen) atoms. The van der Waals surface area contributed by atoms with Crippen LogP contribution in [0.25, 0.3) is 5.82 Å². The lowest BCUT2D eigenvalue weighted by Gasteiger charge is -2.17. The predicted octanol–water partition coefficient (Wildman–Crippen LogP) is 1.84. The number of imidazole rings is 1. The summed E-state index contributed by atoms with van der Waals surface area (Å²) in [7, 11) is 0. The van der Waals surface area contributed by atoms with Crippen LogP contribution in [0.15, 0.2) is 37.1 Å². The van der Waals surface area contributed by atoms with Gasteiger partial charge in [0.15, 0.2) is 0 Å². The first-order valence-electron chi connectivity index (χ1n) is 8.30. The summed E-state index contributed by atoms with van der Waals surface area (Å²) in [5, 5.41) is 2.96. The zero-order chi connectivity index (χ0) is 16.8. The second kappa shape index (κ2) is 7.92. The number of nitrogens with zero attached hydrogens (tertiary/aromatic N) is 4. The first kappa shape index (κ1) is 16.4. The smallest absolute Gasteiger partial charge is 0.317 e. The average Bonchev–Trinajstić information content (AvgIpc) is 3.30. The van der Waals surface area contributed by atoms with Crippen molar-refractivity contribution in [1.29, 1.82) is 0 Å². The van der Waals surface area contributed by atoms with Crippen molar-refractivity contribution >= 4 is 6.03 Å². The predicted molar refractivity (Wildman–Crippen MR) is 89.8 cm³/mol. The van der Waals surface area contributed by atoms with Crippen molar-refractivity contribution in [3.05, 3.63) is 42.6 Å². The van der Waals surface area contributed by atoms with Crippen LogP contribution in [0.2, 0.25) is 0 Å². The van der Waals surface area contributed by atoms with Gasteiger partial charge < -0.3 is 15.0 Å². The number of carbonyl (C=O) groups excluding carboxylic acids is 1. The highest BCUT2D eigenvalue weighted by molar-refractivity contribution is 5.74. The second-order valence-electron chi connectivity index (χ2n) is 5.91. The van der Waals surface area contributed by atoms with Crippen molar-refractivity contribution < 1.29 is 9.53 Å². The Morgan fingerprint density at radius 2 is 2.38 bits per heavy atom. The number of ether oxygens (including phenoxy) is 1. The van der Waals surface area contributed by atoms with Gasteiger partial charge in [-0.15, -0.1) is 0 Å². The lowest BCUT2D eigenvalue weighted by Crippen LogP contribution is -2.38. The number of pyridine rings is 1. The molecule has 0 bridgehead atoms. The molecule has 0 aromatic carbocycles. The topological polar surface area (TPSA) is 72.3 Å². The summed E-state index contributed by atoms with van der Waals surface area (Å²) in [4.78, 5) is 22.5. The van der Waals surface area contributed by atoms with Gasteiger partial charge in [-0.05, 0) is 25.0 Å². The third-order valence-electron chi connectivity index (χ3n) is 4.15. The van der Waals surface area contributed by atoms with Gasteiger partial charge in [-0.1, -0.05) is 6.07 Å². The van der Waals surface area contributed by atoms with Gasteiger partial charge >= 0.3 is 6.03 Å². The number of hydrogen-bond donors (Lipinski definition) is 1. The molecule has 2 amide bonds. The molecular weight excluding hydrogens is 306 g/mol. The minimum absolute atomic E-state index is 0.0207. The minimum Gasteiger partial charge on any atom is -0.381 e. The number of rotatable bonds is 6. The zero-order valence-electron chi connectivity index (χ0n) is 13.9. The highest BCUT2D eigenvalue weighted by atomic mass is 16.5. The molecule has 7 nitrogen and oxygen atoms in total. The number of nitrogens with one attached hydrogen (secondary N) is 1. The molecule has 2 aromatic heterocycles. The molecular formula is C17H23N5O2. The Balaban J connectivity index is 1.46. The highest BCUT2D eigenvalue weighted by Crippen LogP contribution is 2.16. The monoisotopic (exact) mass is 329 g/mol. The molecule has 3 rings (SSSR count). The van der Waals surface area contributed by atoms with Crippen LogP contribution in [0.3, 0.4) is 0 Å². The Hall–Kier alpha value is -2.41. The molecule has 0 unspecified atom stereocenters. The standard InChI is InChI=1S/C17H23N5O2/c1-2-24-12-15-5-7-21(11-15)17(23)20-10-14-3-4-16(19-9-14)22-8-6-18-13-22/h3-4,6,8-9,13,15H,2,5,7,10-12H2,1H3,(H,20,23)/t15-/m0/s1. The van der Waals surface area contributed by atoms with Gasteiger partial charge in [-0.3, -0.25) is 4.57 Å². The maximum atomic E-state index is 12.2. The molecule has 1 saturated heterocycles. The third kappa shape index (κ3) is 4.11. The van der Waals surface area contributed by atoms with E-state index in [-0.39, 0.29) is 6.03 Å².